The van der Waals surface area contributed by atoms with Gasteiger partial charge in [0.25, 0.3) is 0 Å². The van der Waals surface area contributed by atoms with Crippen LogP contribution in [0, 0.1) is 0 Å². The summed E-state index contributed by atoms with van der Waals surface area (Å²) in [4.78, 5) is 1.48. The van der Waals surface area contributed by atoms with Gasteiger partial charge in [0.2, 0.25) is 5.16 Å². The lowest BCUT2D eigenvalue weighted by Crippen LogP contribution is -2.26. The van der Waals surface area contributed by atoms with Crippen LogP contribution in [0.4, 0.5) is 0 Å². The van der Waals surface area contributed by atoms with E-state index in [4.69, 9.17) is 0 Å². The third kappa shape index (κ3) is 1.13. The zero-order chi connectivity index (χ0) is 6.85. The van der Waals surface area contributed by atoms with Crippen LogP contribution < -0.4 is 5.01 Å². The monoisotopic (exact) mass is 145 g/mol. The highest BCUT2D eigenvalue weighted by Crippen LogP contribution is 1.94. The zero-order valence-corrected chi connectivity index (χ0v) is 6.08. The summed E-state index contributed by atoms with van der Waals surface area (Å²) in [5, 5.41) is 12.8. The fraction of sp³-hybridized carbons (Fsp3) is 0.667. The molecule has 0 aliphatic heterocycles. The van der Waals surface area contributed by atoms with Gasteiger partial charge in [0.05, 0.1) is 0 Å². The summed E-state index contributed by atoms with van der Waals surface area (Å²) < 4.78 is 0. The van der Waals surface area contributed by atoms with Crippen molar-refractivity contribution in [2.45, 2.75) is 5.16 Å². The molecule has 9 heavy (non-hydrogen) atoms. The maximum Gasteiger partial charge on any atom is 0.227 e. The molecule has 1 rings (SSSR count). The van der Waals surface area contributed by atoms with Crippen LogP contribution >= 0.6 is 12.6 Å². The van der Waals surface area contributed by atoms with Crippen LogP contribution in [-0.2, 0) is 0 Å². The van der Waals surface area contributed by atoms with Crippen LogP contribution in [0.2, 0.25) is 0 Å². The molecule has 0 saturated carbocycles. The molecule has 0 N–H and O–H groups in total. The maximum atomic E-state index is 3.97. The molecular weight excluding hydrogens is 138 g/mol. The van der Waals surface area contributed by atoms with Gasteiger partial charge >= 0.3 is 0 Å². The molecule has 5 nitrogen and oxygen atoms in total. The highest BCUT2D eigenvalue weighted by Gasteiger charge is 1.99. The van der Waals surface area contributed by atoms with Crippen molar-refractivity contribution in [2.75, 3.05) is 19.1 Å². The molecule has 1 aromatic rings. The van der Waals surface area contributed by atoms with Crippen LogP contribution in [0.5, 0.6) is 0 Å². The summed E-state index contributed by atoms with van der Waals surface area (Å²) in [6, 6.07) is 0. The minimum atomic E-state index is 0.486. The molecule has 1 aromatic heterocycles. The minimum Gasteiger partial charge on any atom is -0.299 e. The molecule has 0 amide bonds. The zero-order valence-electron chi connectivity index (χ0n) is 5.18. The van der Waals surface area contributed by atoms with E-state index < -0.39 is 0 Å². The van der Waals surface area contributed by atoms with Gasteiger partial charge in [-0.05, 0) is 10.4 Å². The van der Waals surface area contributed by atoms with Gasteiger partial charge in [-0.25, -0.2) is 0 Å². The van der Waals surface area contributed by atoms with Crippen molar-refractivity contribution in [1.29, 1.82) is 0 Å². The average Bonchev–Trinajstić information content (AvgIpc) is 2.13. The Hall–Kier alpha value is -0.780. The number of nitrogens with zero attached hydrogens (tertiary/aromatic N) is 5. The summed E-state index contributed by atoms with van der Waals surface area (Å²) in [5.41, 5.74) is 0. The van der Waals surface area contributed by atoms with Gasteiger partial charge < -0.3 is 0 Å². The predicted octanol–water partition coefficient (Wildman–Crippen LogP) is -0.841. The number of thiol groups is 1. The molecule has 0 bridgehead atoms. The van der Waals surface area contributed by atoms with E-state index in [0.29, 0.717) is 5.16 Å². The van der Waals surface area contributed by atoms with Crippen molar-refractivity contribution >= 4 is 12.6 Å². The molecule has 0 atom stereocenters. The Balaban J connectivity index is 2.94. The molecule has 50 valence electrons. The van der Waals surface area contributed by atoms with E-state index in [0.717, 1.165) is 0 Å². The highest BCUT2D eigenvalue weighted by atomic mass is 32.1. The van der Waals surface area contributed by atoms with Gasteiger partial charge in [0.1, 0.15) is 0 Å². The molecule has 0 spiro atoms. The number of hydrogen-bond donors (Lipinski definition) is 1. The third-order valence-electron chi connectivity index (χ3n) is 0.817. The predicted molar refractivity (Wildman–Crippen MR) is 35.1 cm³/mol. The highest BCUT2D eigenvalue weighted by molar-refractivity contribution is 7.80. The Bertz CT molecular complexity index is 194. The van der Waals surface area contributed by atoms with E-state index in [-0.39, 0.29) is 0 Å². The Morgan fingerprint density at radius 1 is 1.56 bits per heavy atom. The van der Waals surface area contributed by atoms with Crippen molar-refractivity contribution in [3.8, 4) is 0 Å². The largest absolute Gasteiger partial charge is 0.299 e. The Morgan fingerprint density at radius 3 is 2.44 bits per heavy atom. The van der Waals surface area contributed by atoms with Gasteiger partial charge in [-0.15, -0.1) is 4.79 Å². The summed E-state index contributed by atoms with van der Waals surface area (Å²) in [6.07, 6.45) is 0. The lowest BCUT2D eigenvalue weighted by atomic mass is 11.1. The van der Waals surface area contributed by atoms with Crippen molar-refractivity contribution < 1.29 is 0 Å². The van der Waals surface area contributed by atoms with Gasteiger partial charge in [0, 0.05) is 14.1 Å². The maximum absolute atomic E-state index is 3.97. The fourth-order valence-electron chi connectivity index (χ4n) is 0.437. The van der Waals surface area contributed by atoms with Crippen LogP contribution in [0.25, 0.3) is 0 Å². The smallest absolute Gasteiger partial charge is 0.227 e. The first-order valence-corrected chi connectivity index (χ1v) is 2.81. The standard InChI is InChI=1S/C3H7N5S/c1-7(2)8-3(9)4-5-6-8/h1-2H3,(H,4,6,9). The van der Waals surface area contributed by atoms with Crippen LogP contribution in [0.1, 0.15) is 0 Å². The number of tetrazole rings is 1. The molecule has 1 heterocycles. The lowest BCUT2D eigenvalue weighted by molar-refractivity contribution is 0.567. The van der Waals surface area contributed by atoms with Gasteiger partial charge in [-0.1, -0.05) is 17.7 Å². The first kappa shape index (κ1) is 6.34. The molecular formula is C3H7N5S. The quantitative estimate of drug-likeness (QED) is 0.523. The van der Waals surface area contributed by atoms with Gasteiger partial charge in [-0.3, -0.25) is 5.01 Å². The normalized spacial score (nSPS) is 9.67. The second kappa shape index (κ2) is 2.22. The van der Waals surface area contributed by atoms with E-state index in [9.17, 15) is 0 Å². The Labute approximate surface area is 58.0 Å². The third-order valence-corrected chi connectivity index (χ3v) is 1.08. The molecule has 0 saturated heterocycles. The van der Waals surface area contributed by atoms with E-state index in [1.54, 1.807) is 5.01 Å². The fourth-order valence-corrected chi connectivity index (χ4v) is 0.696. The van der Waals surface area contributed by atoms with E-state index in [1.165, 1.54) is 4.79 Å². The van der Waals surface area contributed by atoms with Crippen molar-refractivity contribution in [2.24, 2.45) is 0 Å². The SMILES string of the molecule is CN(C)n1nnnc1S. The average molecular weight is 145 g/mol. The number of aromatic nitrogens is 4. The van der Waals surface area contributed by atoms with E-state index >= 15 is 0 Å². The summed E-state index contributed by atoms with van der Waals surface area (Å²) >= 11 is 3.97. The van der Waals surface area contributed by atoms with Crippen LogP contribution in [0.15, 0.2) is 5.16 Å². The van der Waals surface area contributed by atoms with Crippen LogP contribution in [0.3, 0.4) is 0 Å². The molecule has 0 aliphatic carbocycles. The molecule has 0 fully saturated rings. The second-order valence-electron chi connectivity index (χ2n) is 1.72. The molecule has 0 radical (unpaired) electrons. The topological polar surface area (TPSA) is 46.8 Å². The number of hydrogen-bond acceptors (Lipinski definition) is 5. The molecule has 0 aromatic carbocycles. The minimum absolute atomic E-state index is 0.486. The summed E-state index contributed by atoms with van der Waals surface area (Å²) in [7, 11) is 3.66. The summed E-state index contributed by atoms with van der Waals surface area (Å²) in [5.74, 6) is 0. The van der Waals surface area contributed by atoms with Gasteiger partial charge in [0.15, 0.2) is 0 Å². The molecule has 0 aliphatic rings. The van der Waals surface area contributed by atoms with E-state index in [1.807, 2.05) is 14.1 Å². The molecule has 0 unspecified atom stereocenters. The lowest BCUT2D eigenvalue weighted by Gasteiger charge is -2.09. The van der Waals surface area contributed by atoms with Crippen molar-refractivity contribution in [3.63, 3.8) is 0 Å². The molecule has 6 heteroatoms. The second-order valence-corrected chi connectivity index (χ2v) is 2.12. The Morgan fingerprint density at radius 2 is 2.22 bits per heavy atom. The van der Waals surface area contributed by atoms with E-state index in [2.05, 4.69) is 28.2 Å². The Kier molecular flexibility index (Phi) is 1.56. The first-order chi connectivity index (χ1) is 4.22. The van der Waals surface area contributed by atoms with Crippen molar-refractivity contribution in [3.05, 3.63) is 0 Å². The number of rotatable bonds is 1. The van der Waals surface area contributed by atoms with Crippen LogP contribution in [-0.4, -0.2) is 34.4 Å². The van der Waals surface area contributed by atoms with Crippen molar-refractivity contribution in [1.82, 2.24) is 20.3 Å². The first-order valence-electron chi connectivity index (χ1n) is 2.37. The summed E-state index contributed by atoms with van der Waals surface area (Å²) in [6.45, 7) is 0. The van der Waals surface area contributed by atoms with Gasteiger partial charge in [-0.2, -0.15) is 0 Å².